The minimum Gasteiger partial charge on any atom is -0.377 e. The first kappa shape index (κ1) is 15.5. The monoisotopic (exact) mass is 302 g/mol. The number of hydrogen-bond donors (Lipinski definition) is 0. The van der Waals surface area contributed by atoms with Gasteiger partial charge in [0.05, 0.1) is 6.10 Å². The van der Waals surface area contributed by atoms with Gasteiger partial charge in [-0.15, -0.1) is 0 Å². The molecular weight excluding hydrogens is 276 g/mol. The summed E-state index contributed by atoms with van der Waals surface area (Å²) in [5, 5.41) is 0. The zero-order valence-electron chi connectivity index (χ0n) is 13.4. The Balaban J connectivity index is 1.54. The van der Waals surface area contributed by atoms with Crippen LogP contribution in [0.4, 0.5) is 0 Å². The van der Waals surface area contributed by atoms with Gasteiger partial charge in [0, 0.05) is 44.4 Å². The number of benzene rings is 1. The number of carbonyl (C=O) groups is 1. The normalized spacial score (nSPS) is 26.9. The van der Waals surface area contributed by atoms with Gasteiger partial charge >= 0.3 is 0 Å². The van der Waals surface area contributed by atoms with E-state index in [0.717, 1.165) is 38.3 Å². The van der Waals surface area contributed by atoms with Crippen molar-refractivity contribution in [1.82, 2.24) is 9.80 Å². The van der Waals surface area contributed by atoms with Gasteiger partial charge in [-0.25, -0.2) is 0 Å². The Morgan fingerprint density at radius 1 is 1.23 bits per heavy atom. The van der Waals surface area contributed by atoms with Gasteiger partial charge in [-0.05, 0) is 38.3 Å². The number of ether oxygens (including phenoxy) is 1. The summed E-state index contributed by atoms with van der Waals surface area (Å²) in [4.78, 5) is 17.1. The molecule has 1 unspecified atom stereocenters. The van der Waals surface area contributed by atoms with Crippen LogP contribution in [0.1, 0.15) is 36.5 Å². The molecule has 0 bridgehead atoms. The Bertz CT molecular complexity index is 485. The average molecular weight is 302 g/mol. The first-order valence-corrected chi connectivity index (χ1v) is 8.44. The smallest absolute Gasteiger partial charge is 0.254 e. The van der Waals surface area contributed by atoms with E-state index in [1.54, 1.807) is 0 Å². The van der Waals surface area contributed by atoms with Crippen molar-refractivity contribution in [2.45, 2.75) is 38.3 Å². The number of piperazine rings is 1. The molecule has 0 saturated carbocycles. The molecule has 2 heterocycles. The molecule has 2 saturated heterocycles. The first-order valence-electron chi connectivity index (χ1n) is 8.44. The maximum Gasteiger partial charge on any atom is 0.254 e. The van der Waals surface area contributed by atoms with Crippen LogP contribution in [0, 0.1) is 0 Å². The molecule has 1 aromatic rings. The van der Waals surface area contributed by atoms with Crippen molar-refractivity contribution in [2.24, 2.45) is 0 Å². The highest BCUT2D eigenvalue weighted by Crippen LogP contribution is 2.18. The van der Waals surface area contributed by atoms with Gasteiger partial charge in [0.1, 0.15) is 0 Å². The number of nitrogens with zero attached hydrogens (tertiary/aromatic N) is 2. The number of carbonyl (C=O) groups excluding carboxylic acids is 1. The predicted molar refractivity (Wildman–Crippen MR) is 87.0 cm³/mol. The lowest BCUT2D eigenvalue weighted by molar-refractivity contribution is -0.0187. The van der Waals surface area contributed by atoms with E-state index in [-0.39, 0.29) is 11.9 Å². The number of hydrogen-bond acceptors (Lipinski definition) is 3. The molecule has 22 heavy (non-hydrogen) atoms. The quantitative estimate of drug-likeness (QED) is 0.859. The second-order valence-corrected chi connectivity index (χ2v) is 6.46. The van der Waals surface area contributed by atoms with Crippen molar-refractivity contribution < 1.29 is 9.53 Å². The summed E-state index contributed by atoms with van der Waals surface area (Å²) in [7, 11) is 0. The predicted octanol–water partition coefficient (Wildman–Crippen LogP) is 2.40. The Morgan fingerprint density at radius 3 is 2.73 bits per heavy atom. The molecule has 2 atom stereocenters. The standard InChI is InChI=1S/C18H26N2O2/c1-15-13-19(14-17-9-5-6-12-22-17)10-11-20(15)18(21)16-7-3-2-4-8-16/h2-4,7-8,15,17H,5-6,9-14H2,1H3/t15-,17?/m0/s1. The largest absolute Gasteiger partial charge is 0.377 e. The summed E-state index contributed by atoms with van der Waals surface area (Å²) in [6.45, 7) is 6.77. The van der Waals surface area contributed by atoms with E-state index in [4.69, 9.17) is 4.74 Å². The Labute approximate surface area is 133 Å². The molecule has 2 aliphatic rings. The van der Waals surface area contributed by atoms with Gasteiger partial charge in [-0.3, -0.25) is 9.69 Å². The van der Waals surface area contributed by atoms with Crippen molar-refractivity contribution in [2.75, 3.05) is 32.8 Å². The highest BCUT2D eigenvalue weighted by atomic mass is 16.5. The molecular formula is C18H26N2O2. The van der Waals surface area contributed by atoms with E-state index in [0.29, 0.717) is 6.10 Å². The lowest BCUT2D eigenvalue weighted by Gasteiger charge is -2.41. The van der Waals surface area contributed by atoms with E-state index in [1.165, 1.54) is 19.3 Å². The lowest BCUT2D eigenvalue weighted by Crippen LogP contribution is -2.55. The van der Waals surface area contributed by atoms with Crippen molar-refractivity contribution in [1.29, 1.82) is 0 Å². The van der Waals surface area contributed by atoms with Gasteiger partial charge in [0.25, 0.3) is 5.91 Å². The molecule has 0 N–H and O–H groups in total. The lowest BCUT2D eigenvalue weighted by atomic mass is 10.1. The van der Waals surface area contributed by atoms with Crippen LogP contribution in [-0.2, 0) is 4.74 Å². The summed E-state index contributed by atoms with van der Waals surface area (Å²) in [5.41, 5.74) is 0.790. The molecule has 0 spiro atoms. The van der Waals surface area contributed by atoms with Crippen LogP contribution >= 0.6 is 0 Å². The summed E-state index contributed by atoms with van der Waals surface area (Å²) < 4.78 is 5.84. The molecule has 3 rings (SSSR count). The second kappa shape index (κ2) is 7.25. The van der Waals surface area contributed by atoms with Gasteiger partial charge in [-0.2, -0.15) is 0 Å². The second-order valence-electron chi connectivity index (χ2n) is 6.46. The summed E-state index contributed by atoms with van der Waals surface area (Å²) >= 11 is 0. The van der Waals surface area contributed by atoms with Crippen LogP contribution in [0.2, 0.25) is 0 Å². The fourth-order valence-electron chi connectivity index (χ4n) is 3.49. The summed E-state index contributed by atoms with van der Waals surface area (Å²) in [6, 6.07) is 9.85. The first-order chi connectivity index (χ1) is 10.7. The highest BCUT2D eigenvalue weighted by Gasteiger charge is 2.29. The van der Waals surface area contributed by atoms with Crippen LogP contribution < -0.4 is 0 Å². The fourth-order valence-corrected chi connectivity index (χ4v) is 3.49. The van der Waals surface area contributed by atoms with E-state index < -0.39 is 0 Å². The SMILES string of the molecule is C[C@H]1CN(CC2CCCCO2)CCN1C(=O)c1ccccc1. The molecule has 2 fully saturated rings. The molecule has 0 aliphatic carbocycles. The molecule has 2 aliphatic heterocycles. The molecule has 1 aromatic carbocycles. The van der Waals surface area contributed by atoms with Crippen LogP contribution in [0.15, 0.2) is 30.3 Å². The number of amides is 1. The van der Waals surface area contributed by atoms with E-state index in [1.807, 2.05) is 35.2 Å². The van der Waals surface area contributed by atoms with Crippen molar-refractivity contribution in [3.8, 4) is 0 Å². The Morgan fingerprint density at radius 2 is 2.05 bits per heavy atom. The molecule has 0 radical (unpaired) electrons. The zero-order valence-corrected chi connectivity index (χ0v) is 13.4. The van der Waals surface area contributed by atoms with E-state index in [2.05, 4.69) is 11.8 Å². The maximum atomic E-state index is 12.6. The Kier molecular flexibility index (Phi) is 5.11. The average Bonchev–Trinajstić information content (AvgIpc) is 2.56. The molecule has 120 valence electrons. The van der Waals surface area contributed by atoms with Crippen LogP contribution in [-0.4, -0.2) is 60.6 Å². The maximum absolute atomic E-state index is 12.6. The van der Waals surface area contributed by atoms with Gasteiger partial charge in [0.15, 0.2) is 0 Å². The summed E-state index contributed by atoms with van der Waals surface area (Å²) in [6.07, 6.45) is 4.05. The highest BCUT2D eigenvalue weighted by molar-refractivity contribution is 5.94. The van der Waals surface area contributed by atoms with Crippen LogP contribution in [0.3, 0.4) is 0 Å². The Hall–Kier alpha value is -1.39. The van der Waals surface area contributed by atoms with E-state index in [9.17, 15) is 4.79 Å². The molecule has 1 amide bonds. The minimum absolute atomic E-state index is 0.154. The van der Waals surface area contributed by atoms with Gasteiger partial charge < -0.3 is 9.64 Å². The molecule has 4 nitrogen and oxygen atoms in total. The minimum atomic E-state index is 0.154. The van der Waals surface area contributed by atoms with E-state index >= 15 is 0 Å². The van der Waals surface area contributed by atoms with Gasteiger partial charge in [-0.1, -0.05) is 18.2 Å². The van der Waals surface area contributed by atoms with Crippen molar-refractivity contribution >= 4 is 5.91 Å². The van der Waals surface area contributed by atoms with Crippen LogP contribution in [0.5, 0.6) is 0 Å². The third-order valence-electron chi connectivity index (χ3n) is 4.73. The summed E-state index contributed by atoms with van der Waals surface area (Å²) in [5.74, 6) is 0.154. The molecule has 4 heteroatoms. The topological polar surface area (TPSA) is 32.8 Å². The van der Waals surface area contributed by atoms with Gasteiger partial charge in [0.2, 0.25) is 0 Å². The fraction of sp³-hybridized carbons (Fsp3) is 0.611. The van der Waals surface area contributed by atoms with Crippen molar-refractivity contribution in [3.63, 3.8) is 0 Å². The van der Waals surface area contributed by atoms with Crippen molar-refractivity contribution in [3.05, 3.63) is 35.9 Å². The zero-order chi connectivity index (χ0) is 15.4. The molecule has 0 aromatic heterocycles. The third-order valence-corrected chi connectivity index (χ3v) is 4.73. The van der Waals surface area contributed by atoms with Crippen LogP contribution in [0.25, 0.3) is 0 Å². The third kappa shape index (κ3) is 3.68. The number of rotatable bonds is 3.